The van der Waals surface area contributed by atoms with Crippen molar-refractivity contribution in [3.63, 3.8) is 0 Å². The third-order valence-electron chi connectivity index (χ3n) is 4.11. The highest BCUT2D eigenvalue weighted by Gasteiger charge is 2.28. The van der Waals surface area contributed by atoms with Crippen molar-refractivity contribution in [1.82, 2.24) is 10.2 Å². The summed E-state index contributed by atoms with van der Waals surface area (Å²) in [6.45, 7) is 7.27. The lowest BCUT2D eigenvalue weighted by Crippen LogP contribution is -2.53. The SMILES string of the molecule is CC(C)(CNC(=O)CSc1ccc(F)cc1)N1CCCCC1. The van der Waals surface area contributed by atoms with Gasteiger partial charge in [0.25, 0.3) is 0 Å². The topological polar surface area (TPSA) is 32.3 Å². The summed E-state index contributed by atoms with van der Waals surface area (Å²) in [5.41, 5.74) is -0.00335. The van der Waals surface area contributed by atoms with Gasteiger partial charge in [0.15, 0.2) is 0 Å². The minimum Gasteiger partial charge on any atom is -0.354 e. The van der Waals surface area contributed by atoms with Crippen LogP contribution in [0.4, 0.5) is 4.39 Å². The molecule has 22 heavy (non-hydrogen) atoms. The van der Waals surface area contributed by atoms with Crippen LogP contribution in [0.2, 0.25) is 0 Å². The molecule has 122 valence electrons. The Morgan fingerprint density at radius 2 is 1.86 bits per heavy atom. The summed E-state index contributed by atoms with van der Waals surface area (Å²) in [4.78, 5) is 15.4. The number of thioether (sulfide) groups is 1. The van der Waals surface area contributed by atoms with Crippen LogP contribution in [-0.2, 0) is 4.79 Å². The summed E-state index contributed by atoms with van der Waals surface area (Å²) in [7, 11) is 0. The summed E-state index contributed by atoms with van der Waals surface area (Å²) in [5, 5.41) is 3.03. The Bertz CT molecular complexity index is 484. The van der Waals surface area contributed by atoms with Crippen molar-refractivity contribution >= 4 is 17.7 Å². The number of piperidine rings is 1. The predicted octanol–water partition coefficient (Wildman–Crippen LogP) is 3.30. The number of carbonyl (C=O) groups excluding carboxylic acids is 1. The first-order valence-corrected chi connectivity index (χ1v) is 8.86. The average Bonchev–Trinajstić information content (AvgIpc) is 2.53. The number of rotatable bonds is 6. The standard InChI is InChI=1S/C17H25FN2OS/c1-17(2,20-10-4-3-5-11-20)13-19-16(21)12-22-15-8-6-14(18)7-9-15/h6-9H,3-5,10-13H2,1-2H3,(H,19,21). The molecule has 0 radical (unpaired) electrons. The van der Waals surface area contributed by atoms with Crippen molar-refractivity contribution in [3.8, 4) is 0 Å². The second kappa shape index (κ2) is 7.97. The van der Waals surface area contributed by atoms with Crippen molar-refractivity contribution < 1.29 is 9.18 Å². The number of likely N-dealkylation sites (tertiary alicyclic amines) is 1. The Balaban J connectivity index is 1.73. The van der Waals surface area contributed by atoms with Crippen LogP contribution in [0, 0.1) is 5.82 Å². The molecule has 1 heterocycles. The van der Waals surface area contributed by atoms with Crippen LogP contribution in [0.1, 0.15) is 33.1 Å². The number of carbonyl (C=O) groups is 1. The van der Waals surface area contributed by atoms with Gasteiger partial charge in [-0.2, -0.15) is 0 Å². The zero-order chi connectivity index (χ0) is 16.0. The van der Waals surface area contributed by atoms with Gasteiger partial charge in [0.05, 0.1) is 5.75 Å². The van der Waals surface area contributed by atoms with Crippen LogP contribution < -0.4 is 5.32 Å². The molecule has 3 nitrogen and oxygen atoms in total. The first-order valence-electron chi connectivity index (χ1n) is 7.87. The minimum absolute atomic E-state index is 0.00335. The fraction of sp³-hybridized carbons (Fsp3) is 0.588. The number of halogens is 1. The molecule has 0 bridgehead atoms. The van der Waals surface area contributed by atoms with Crippen molar-refractivity contribution in [3.05, 3.63) is 30.1 Å². The lowest BCUT2D eigenvalue weighted by molar-refractivity contribution is -0.119. The van der Waals surface area contributed by atoms with Crippen molar-refractivity contribution in [2.75, 3.05) is 25.4 Å². The van der Waals surface area contributed by atoms with E-state index in [2.05, 4.69) is 24.1 Å². The van der Waals surface area contributed by atoms with Crippen LogP contribution in [-0.4, -0.2) is 41.7 Å². The van der Waals surface area contributed by atoms with Gasteiger partial charge in [0, 0.05) is 17.0 Å². The number of benzene rings is 1. The van der Waals surface area contributed by atoms with Crippen molar-refractivity contribution in [2.24, 2.45) is 0 Å². The Labute approximate surface area is 136 Å². The van der Waals surface area contributed by atoms with Crippen LogP contribution >= 0.6 is 11.8 Å². The lowest BCUT2D eigenvalue weighted by Gasteiger charge is -2.41. The molecular formula is C17H25FN2OS. The molecule has 1 aliphatic rings. The largest absolute Gasteiger partial charge is 0.354 e. The molecule has 0 spiro atoms. The monoisotopic (exact) mass is 324 g/mol. The number of nitrogens with one attached hydrogen (secondary N) is 1. The lowest BCUT2D eigenvalue weighted by atomic mass is 9.98. The summed E-state index contributed by atoms with van der Waals surface area (Å²) >= 11 is 1.43. The van der Waals surface area contributed by atoms with E-state index in [9.17, 15) is 9.18 Å². The van der Waals surface area contributed by atoms with E-state index in [1.54, 1.807) is 12.1 Å². The first-order chi connectivity index (χ1) is 10.5. The third-order valence-corrected chi connectivity index (χ3v) is 5.13. The zero-order valence-electron chi connectivity index (χ0n) is 13.4. The van der Waals surface area contributed by atoms with E-state index in [0.717, 1.165) is 18.0 Å². The van der Waals surface area contributed by atoms with Crippen molar-refractivity contribution in [1.29, 1.82) is 0 Å². The molecule has 5 heteroatoms. The van der Waals surface area contributed by atoms with Crippen LogP contribution in [0.3, 0.4) is 0 Å². The maximum absolute atomic E-state index is 12.8. The Kier molecular flexibility index (Phi) is 6.26. The van der Waals surface area contributed by atoms with E-state index in [-0.39, 0.29) is 17.3 Å². The molecule has 1 amide bonds. The fourth-order valence-electron chi connectivity index (χ4n) is 2.66. The number of hydrogen-bond acceptors (Lipinski definition) is 3. The highest BCUT2D eigenvalue weighted by atomic mass is 32.2. The van der Waals surface area contributed by atoms with Crippen LogP contribution in [0.25, 0.3) is 0 Å². The van der Waals surface area contributed by atoms with E-state index in [4.69, 9.17) is 0 Å². The van der Waals surface area contributed by atoms with Gasteiger partial charge in [-0.3, -0.25) is 9.69 Å². The number of hydrogen-bond donors (Lipinski definition) is 1. The Morgan fingerprint density at radius 3 is 2.50 bits per heavy atom. The first kappa shape index (κ1) is 17.3. The third kappa shape index (κ3) is 5.29. The van der Waals surface area contributed by atoms with Crippen LogP contribution in [0.15, 0.2) is 29.2 Å². The van der Waals surface area contributed by atoms with Gasteiger partial charge in [-0.15, -0.1) is 11.8 Å². The van der Waals surface area contributed by atoms with Gasteiger partial charge in [0.1, 0.15) is 5.82 Å². The molecule has 1 aromatic rings. The maximum Gasteiger partial charge on any atom is 0.230 e. The summed E-state index contributed by atoms with van der Waals surface area (Å²) in [6.07, 6.45) is 3.81. The number of amides is 1. The second-order valence-corrected chi connectivity index (χ2v) is 7.43. The van der Waals surface area contributed by atoms with Gasteiger partial charge in [-0.25, -0.2) is 4.39 Å². The van der Waals surface area contributed by atoms with E-state index in [1.807, 2.05) is 0 Å². The maximum atomic E-state index is 12.8. The van der Waals surface area contributed by atoms with E-state index < -0.39 is 0 Å². The second-order valence-electron chi connectivity index (χ2n) is 6.38. The molecule has 0 aliphatic carbocycles. The summed E-state index contributed by atoms with van der Waals surface area (Å²) in [6, 6.07) is 6.23. The Morgan fingerprint density at radius 1 is 1.23 bits per heavy atom. The number of nitrogens with zero attached hydrogens (tertiary/aromatic N) is 1. The highest BCUT2D eigenvalue weighted by Crippen LogP contribution is 2.20. The van der Waals surface area contributed by atoms with Gasteiger partial charge >= 0.3 is 0 Å². The Hall–Kier alpha value is -1.07. The molecule has 0 atom stereocenters. The fourth-order valence-corrected chi connectivity index (χ4v) is 3.39. The summed E-state index contributed by atoms with van der Waals surface area (Å²) < 4.78 is 12.8. The quantitative estimate of drug-likeness (QED) is 0.815. The highest BCUT2D eigenvalue weighted by molar-refractivity contribution is 8.00. The predicted molar refractivity (Wildman–Crippen MR) is 89.6 cm³/mol. The smallest absolute Gasteiger partial charge is 0.230 e. The van der Waals surface area contributed by atoms with Gasteiger partial charge < -0.3 is 5.32 Å². The zero-order valence-corrected chi connectivity index (χ0v) is 14.2. The molecule has 1 aromatic carbocycles. The molecule has 0 saturated carbocycles. The van der Waals surface area contributed by atoms with Gasteiger partial charge in [-0.1, -0.05) is 6.42 Å². The van der Waals surface area contributed by atoms with Crippen LogP contribution in [0.5, 0.6) is 0 Å². The molecule has 1 fully saturated rings. The molecule has 0 unspecified atom stereocenters. The van der Waals surface area contributed by atoms with Crippen molar-refractivity contribution in [2.45, 2.75) is 43.5 Å². The average molecular weight is 324 g/mol. The molecule has 1 saturated heterocycles. The molecular weight excluding hydrogens is 299 g/mol. The van der Waals surface area contributed by atoms with Gasteiger partial charge in [-0.05, 0) is 64.0 Å². The van der Waals surface area contributed by atoms with E-state index in [0.29, 0.717) is 12.3 Å². The van der Waals surface area contributed by atoms with E-state index in [1.165, 1.54) is 43.2 Å². The molecule has 2 rings (SSSR count). The van der Waals surface area contributed by atoms with Gasteiger partial charge in [0.2, 0.25) is 5.91 Å². The molecule has 1 aliphatic heterocycles. The van der Waals surface area contributed by atoms with E-state index >= 15 is 0 Å². The summed E-state index contributed by atoms with van der Waals surface area (Å²) in [5.74, 6) is 0.137. The molecule has 1 N–H and O–H groups in total. The molecule has 0 aromatic heterocycles. The normalized spacial score (nSPS) is 16.5. The minimum atomic E-state index is -0.253.